The van der Waals surface area contributed by atoms with E-state index < -0.39 is 0 Å². The lowest BCUT2D eigenvalue weighted by atomic mass is 10.1. The lowest BCUT2D eigenvalue weighted by Crippen LogP contribution is -2.13. The van der Waals surface area contributed by atoms with Gasteiger partial charge in [0.1, 0.15) is 0 Å². The SMILES string of the molecule is Cc1cccc(CCC(=O)Nc2n[nH]c3nnc(-c4ccccc4)cc23)n1. The number of rotatable bonds is 5. The van der Waals surface area contributed by atoms with E-state index in [1.807, 2.05) is 61.5 Å². The molecular weight excluding hydrogens is 340 g/mol. The third-order valence-electron chi connectivity index (χ3n) is 4.20. The fourth-order valence-electron chi connectivity index (χ4n) is 2.84. The van der Waals surface area contributed by atoms with Crippen LogP contribution in [0.2, 0.25) is 0 Å². The van der Waals surface area contributed by atoms with Gasteiger partial charge in [0, 0.05) is 23.4 Å². The van der Waals surface area contributed by atoms with Crippen LogP contribution in [0.3, 0.4) is 0 Å². The summed E-state index contributed by atoms with van der Waals surface area (Å²) in [5.74, 6) is 0.337. The number of aryl methyl sites for hydroxylation is 2. The number of amides is 1. The molecule has 0 aliphatic rings. The largest absolute Gasteiger partial charge is 0.309 e. The predicted octanol–water partition coefficient (Wildman–Crippen LogP) is 3.29. The Balaban J connectivity index is 1.50. The Morgan fingerprint density at radius 2 is 1.93 bits per heavy atom. The number of fused-ring (bicyclic) bond motifs is 1. The molecule has 27 heavy (non-hydrogen) atoms. The highest BCUT2D eigenvalue weighted by Gasteiger charge is 2.13. The molecule has 4 aromatic rings. The van der Waals surface area contributed by atoms with Gasteiger partial charge in [0.05, 0.1) is 11.1 Å². The van der Waals surface area contributed by atoms with E-state index >= 15 is 0 Å². The first-order valence-electron chi connectivity index (χ1n) is 8.68. The van der Waals surface area contributed by atoms with E-state index in [1.165, 1.54) is 0 Å². The smallest absolute Gasteiger partial charge is 0.225 e. The normalized spacial score (nSPS) is 10.9. The summed E-state index contributed by atoms with van der Waals surface area (Å²) >= 11 is 0. The maximum Gasteiger partial charge on any atom is 0.225 e. The predicted molar refractivity (Wildman–Crippen MR) is 103 cm³/mol. The van der Waals surface area contributed by atoms with Gasteiger partial charge >= 0.3 is 0 Å². The van der Waals surface area contributed by atoms with Crippen LogP contribution >= 0.6 is 0 Å². The Bertz CT molecular complexity index is 1090. The summed E-state index contributed by atoms with van der Waals surface area (Å²) in [5.41, 5.74) is 4.05. The molecule has 134 valence electrons. The average Bonchev–Trinajstić information content (AvgIpc) is 3.09. The summed E-state index contributed by atoms with van der Waals surface area (Å²) in [5, 5.41) is 18.9. The van der Waals surface area contributed by atoms with Gasteiger partial charge in [-0.15, -0.1) is 10.2 Å². The molecule has 0 saturated carbocycles. The fourth-order valence-corrected chi connectivity index (χ4v) is 2.84. The zero-order valence-corrected chi connectivity index (χ0v) is 14.8. The molecule has 0 saturated heterocycles. The molecule has 7 nitrogen and oxygen atoms in total. The van der Waals surface area contributed by atoms with Crippen LogP contribution < -0.4 is 5.32 Å². The van der Waals surface area contributed by atoms with Crippen LogP contribution in [0, 0.1) is 6.92 Å². The zero-order valence-electron chi connectivity index (χ0n) is 14.8. The highest BCUT2D eigenvalue weighted by molar-refractivity contribution is 5.99. The standard InChI is InChI=1S/C20H18N6O/c1-13-6-5-9-15(21-13)10-11-18(27)22-19-16-12-17(14-7-3-2-4-8-14)23-25-20(16)26-24-19/h2-9,12H,10-11H2,1H3,(H2,22,24,25,26,27). The number of anilines is 1. The average molecular weight is 358 g/mol. The number of pyridine rings is 1. The first kappa shape index (κ1) is 16.8. The summed E-state index contributed by atoms with van der Waals surface area (Å²) in [4.78, 5) is 16.8. The molecule has 0 aliphatic carbocycles. The number of aromatic nitrogens is 5. The molecule has 4 rings (SSSR count). The van der Waals surface area contributed by atoms with Crippen molar-refractivity contribution in [1.82, 2.24) is 25.4 Å². The van der Waals surface area contributed by atoms with E-state index in [9.17, 15) is 4.79 Å². The summed E-state index contributed by atoms with van der Waals surface area (Å²) in [6.45, 7) is 1.94. The monoisotopic (exact) mass is 358 g/mol. The van der Waals surface area contributed by atoms with Crippen molar-refractivity contribution in [2.24, 2.45) is 0 Å². The van der Waals surface area contributed by atoms with E-state index in [0.717, 1.165) is 28.0 Å². The topological polar surface area (TPSA) is 96.5 Å². The lowest BCUT2D eigenvalue weighted by Gasteiger charge is -2.04. The van der Waals surface area contributed by atoms with Crippen molar-refractivity contribution in [1.29, 1.82) is 0 Å². The maximum atomic E-state index is 12.3. The molecule has 3 heterocycles. The minimum Gasteiger partial charge on any atom is -0.309 e. The van der Waals surface area contributed by atoms with Crippen LogP contribution in [0.25, 0.3) is 22.3 Å². The number of carbonyl (C=O) groups excluding carboxylic acids is 1. The molecule has 0 spiro atoms. The second-order valence-corrected chi connectivity index (χ2v) is 6.25. The molecule has 7 heteroatoms. The van der Waals surface area contributed by atoms with Crippen LogP contribution in [0.5, 0.6) is 0 Å². The van der Waals surface area contributed by atoms with E-state index in [-0.39, 0.29) is 5.91 Å². The highest BCUT2D eigenvalue weighted by Crippen LogP contribution is 2.24. The number of aromatic amines is 1. The first-order chi connectivity index (χ1) is 13.2. The number of nitrogens with one attached hydrogen (secondary N) is 2. The van der Waals surface area contributed by atoms with E-state index in [0.29, 0.717) is 24.3 Å². The van der Waals surface area contributed by atoms with Crippen molar-refractivity contribution in [3.05, 3.63) is 66.0 Å². The second kappa shape index (κ2) is 7.33. The Kier molecular flexibility index (Phi) is 4.57. The quantitative estimate of drug-likeness (QED) is 0.571. The molecule has 0 fully saturated rings. The Morgan fingerprint density at radius 3 is 2.74 bits per heavy atom. The number of H-pyrrole nitrogens is 1. The summed E-state index contributed by atoms with van der Waals surface area (Å²) in [7, 11) is 0. The lowest BCUT2D eigenvalue weighted by molar-refractivity contribution is -0.116. The Hall–Kier alpha value is -3.61. The molecule has 0 radical (unpaired) electrons. The highest BCUT2D eigenvalue weighted by atomic mass is 16.1. The van der Waals surface area contributed by atoms with Gasteiger partial charge in [0.15, 0.2) is 11.5 Å². The van der Waals surface area contributed by atoms with Gasteiger partial charge in [-0.05, 0) is 31.5 Å². The second-order valence-electron chi connectivity index (χ2n) is 6.25. The minimum atomic E-state index is -0.121. The van der Waals surface area contributed by atoms with Gasteiger partial charge < -0.3 is 5.32 Å². The van der Waals surface area contributed by atoms with Gasteiger partial charge in [0.25, 0.3) is 0 Å². The van der Waals surface area contributed by atoms with E-state index in [4.69, 9.17) is 0 Å². The number of nitrogens with zero attached hydrogens (tertiary/aromatic N) is 4. The first-order valence-corrected chi connectivity index (χ1v) is 8.68. The Labute approximate surface area is 155 Å². The van der Waals surface area contributed by atoms with Gasteiger partial charge in [-0.2, -0.15) is 5.10 Å². The molecule has 0 aliphatic heterocycles. The van der Waals surface area contributed by atoms with Gasteiger partial charge in [0.2, 0.25) is 5.91 Å². The van der Waals surface area contributed by atoms with Crippen molar-refractivity contribution >= 4 is 22.8 Å². The third kappa shape index (κ3) is 3.82. The summed E-state index contributed by atoms with van der Waals surface area (Å²) in [6, 6.07) is 17.4. The molecule has 1 amide bonds. The molecule has 1 aromatic carbocycles. The molecule has 0 atom stereocenters. The molecule has 2 N–H and O–H groups in total. The molecule has 3 aromatic heterocycles. The van der Waals surface area contributed by atoms with E-state index in [2.05, 4.69) is 30.7 Å². The van der Waals surface area contributed by atoms with Crippen molar-refractivity contribution in [3.8, 4) is 11.3 Å². The Morgan fingerprint density at radius 1 is 1.07 bits per heavy atom. The van der Waals surface area contributed by atoms with Crippen molar-refractivity contribution < 1.29 is 4.79 Å². The number of benzene rings is 1. The van der Waals surface area contributed by atoms with Crippen LogP contribution in [0.4, 0.5) is 5.82 Å². The van der Waals surface area contributed by atoms with Crippen LogP contribution in [0.15, 0.2) is 54.6 Å². The molecular formula is C20H18N6O. The van der Waals surface area contributed by atoms with Crippen molar-refractivity contribution in [3.63, 3.8) is 0 Å². The van der Waals surface area contributed by atoms with Crippen LogP contribution in [-0.2, 0) is 11.2 Å². The van der Waals surface area contributed by atoms with Gasteiger partial charge in [-0.25, -0.2) is 0 Å². The van der Waals surface area contributed by atoms with Crippen LogP contribution in [-0.4, -0.2) is 31.3 Å². The maximum absolute atomic E-state index is 12.3. The summed E-state index contributed by atoms with van der Waals surface area (Å²) < 4.78 is 0. The van der Waals surface area contributed by atoms with Crippen LogP contribution in [0.1, 0.15) is 17.8 Å². The van der Waals surface area contributed by atoms with E-state index in [1.54, 1.807) is 0 Å². The molecule has 0 bridgehead atoms. The zero-order chi connectivity index (χ0) is 18.6. The number of carbonyl (C=O) groups is 1. The van der Waals surface area contributed by atoms with Crippen molar-refractivity contribution in [2.45, 2.75) is 19.8 Å². The van der Waals surface area contributed by atoms with Crippen molar-refractivity contribution in [2.75, 3.05) is 5.32 Å². The van der Waals surface area contributed by atoms with Gasteiger partial charge in [-0.1, -0.05) is 36.4 Å². The fraction of sp³-hybridized carbons (Fsp3) is 0.150. The third-order valence-corrected chi connectivity index (χ3v) is 4.20. The molecule has 0 unspecified atom stereocenters. The number of hydrogen-bond donors (Lipinski definition) is 2. The minimum absolute atomic E-state index is 0.121. The van der Waals surface area contributed by atoms with Gasteiger partial charge in [-0.3, -0.25) is 14.9 Å². The summed E-state index contributed by atoms with van der Waals surface area (Å²) in [6.07, 6.45) is 0.903. The number of hydrogen-bond acceptors (Lipinski definition) is 5.